The topological polar surface area (TPSA) is 51.3 Å². The minimum absolute atomic E-state index is 0.154. The molecule has 0 aliphatic heterocycles. The van der Waals surface area contributed by atoms with Gasteiger partial charge in [-0.05, 0) is 44.0 Å². The van der Waals surface area contributed by atoms with Crippen LogP contribution in [0.3, 0.4) is 0 Å². The van der Waals surface area contributed by atoms with Crippen molar-refractivity contribution in [3.63, 3.8) is 0 Å². The van der Waals surface area contributed by atoms with Gasteiger partial charge in [0.05, 0.1) is 13.7 Å². The lowest BCUT2D eigenvalue weighted by Crippen LogP contribution is -2.05. The van der Waals surface area contributed by atoms with E-state index in [2.05, 4.69) is 4.98 Å². The van der Waals surface area contributed by atoms with Crippen molar-refractivity contribution < 1.29 is 14.3 Å². The third-order valence-electron chi connectivity index (χ3n) is 3.21. The van der Waals surface area contributed by atoms with Crippen LogP contribution in [-0.2, 0) is 16.0 Å². The predicted octanol–water partition coefficient (Wildman–Crippen LogP) is 2.98. The summed E-state index contributed by atoms with van der Waals surface area (Å²) in [7, 11) is 1.65. The van der Waals surface area contributed by atoms with Gasteiger partial charge in [-0.1, -0.05) is 0 Å². The van der Waals surface area contributed by atoms with E-state index < -0.39 is 0 Å². The smallest absolute Gasteiger partial charge is 0.306 e. The van der Waals surface area contributed by atoms with E-state index in [1.807, 2.05) is 32.0 Å². The van der Waals surface area contributed by atoms with Gasteiger partial charge >= 0.3 is 5.97 Å². The molecule has 0 saturated carbocycles. The van der Waals surface area contributed by atoms with Gasteiger partial charge in [-0.15, -0.1) is 0 Å². The zero-order valence-electron chi connectivity index (χ0n) is 11.6. The molecule has 2 aromatic rings. The van der Waals surface area contributed by atoms with Gasteiger partial charge in [0.2, 0.25) is 0 Å². The second-order valence-corrected chi connectivity index (χ2v) is 4.45. The maximum Gasteiger partial charge on any atom is 0.306 e. The first-order valence-corrected chi connectivity index (χ1v) is 6.46. The van der Waals surface area contributed by atoms with Crippen molar-refractivity contribution in [2.75, 3.05) is 13.7 Å². The second kappa shape index (κ2) is 5.78. The lowest BCUT2D eigenvalue weighted by molar-refractivity contribution is -0.143. The average molecular weight is 261 g/mol. The highest BCUT2D eigenvalue weighted by molar-refractivity contribution is 5.86. The molecule has 19 heavy (non-hydrogen) atoms. The fourth-order valence-electron chi connectivity index (χ4n) is 2.27. The van der Waals surface area contributed by atoms with Crippen LogP contribution in [0.25, 0.3) is 10.9 Å². The van der Waals surface area contributed by atoms with Crippen LogP contribution in [0.4, 0.5) is 0 Å². The number of hydrogen-bond donors (Lipinski definition) is 1. The fraction of sp³-hybridized carbons (Fsp3) is 0.400. The van der Waals surface area contributed by atoms with Crippen LogP contribution in [0.5, 0.6) is 5.75 Å². The number of carbonyl (C=O) groups is 1. The molecule has 0 bridgehead atoms. The largest absolute Gasteiger partial charge is 0.497 e. The van der Waals surface area contributed by atoms with E-state index in [0.29, 0.717) is 19.4 Å². The number of aryl methyl sites for hydroxylation is 2. The Labute approximate surface area is 112 Å². The van der Waals surface area contributed by atoms with Gasteiger partial charge in [0, 0.05) is 23.0 Å². The number of aromatic amines is 1. The molecule has 0 unspecified atom stereocenters. The number of H-pyrrole nitrogens is 1. The molecule has 0 aliphatic carbocycles. The number of aromatic nitrogens is 1. The van der Waals surface area contributed by atoms with Gasteiger partial charge in [0.15, 0.2) is 0 Å². The average Bonchev–Trinajstić information content (AvgIpc) is 2.71. The number of methoxy groups -OCH3 is 1. The molecule has 4 heteroatoms. The standard InChI is InChI=1S/C15H19NO3/c1-4-19-15(17)8-6-12-10(2)16-14-7-5-11(18-3)9-13(12)14/h5,7,9,16H,4,6,8H2,1-3H3. The second-order valence-electron chi connectivity index (χ2n) is 4.45. The van der Waals surface area contributed by atoms with Crippen molar-refractivity contribution in [1.29, 1.82) is 0 Å². The van der Waals surface area contributed by atoms with Gasteiger partial charge in [-0.25, -0.2) is 0 Å². The maximum absolute atomic E-state index is 11.5. The summed E-state index contributed by atoms with van der Waals surface area (Å²) in [6.45, 7) is 4.27. The Hall–Kier alpha value is -1.97. The molecule has 1 heterocycles. The molecule has 1 aromatic carbocycles. The highest BCUT2D eigenvalue weighted by Crippen LogP contribution is 2.27. The number of carbonyl (C=O) groups excluding carboxylic acids is 1. The predicted molar refractivity (Wildman–Crippen MR) is 74.5 cm³/mol. The van der Waals surface area contributed by atoms with Crippen LogP contribution in [0.1, 0.15) is 24.6 Å². The van der Waals surface area contributed by atoms with Crippen LogP contribution >= 0.6 is 0 Å². The molecule has 102 valence electrons. The van der Waals surface area contributed by atoms with Crippen molar-refractivity contribution in [2.24, 2.45) is 0 Å². The van der Waals surface area contributed by atoms with Crippen LogP contribution < -0.4 is 4.74 Å². The first-order valence-electron chi connectivity index (χ1n) is 6.46. The van der Waals surface area contributed by atoms with Gasteiger partial charge < -0.3 is 14.5 Å². The van der Waals surface area contributed by atoms with E-state index in [4.69, 9.17) is 9.47 Å². The Morgan fingerprint density at radius 2 is 2.16 bits per heavy atom. The number of nitrogens with one attached hydrogen (secondary N) is 1. The molecule has 0 spiro atoms. The van der Waals surface area contributed by atoms with Crippen LogP contribution in [-0.4, -0.2) is 24.7 Å². The van der Waals surface area contributed by atoms with Crippen molar-refractivity contribution in [3.8, 4) is 5.75 Å². The zero-order chi connectivity index (χ0) is 13.8. The molecule has 1 N–H and O–H groups in total. The summed E-state index contributed by atoms with van der Waals surface area (Å²) >= 11 is 0. The molecule has 0 fully saturated rings. The summed E-state index contributed by atoms with van der Waals surface area (Å²) in [5.74, 6) is 0.669. The van der Waals surface area contributed by atoms with Crippen molar-refractivity contribution in [3.05, 3.63) is 29.5 Å². The van der Waals surface area contributed by atoms with E-state index in [-0.39, 0.29) is 5.97 Å². The van der Waals surface area contributed by atoms with E-state index in [1.165, 1.54) is 0 Å². The molecule has 0 atom stereocenters. The number of hydrogen-bond acceptors (Lipinski definition) is 3. The van der Waals surface area contributed by atoms with Gasteiger partial charge in [0.1, 0.15) is 5.75 Å². The highest BCUT2D eigenvalue weighted by atomic mass is 16.5. The van der Waals surface area contributed by atoms with Gasteiger partial charge in [0.25, 0.3) is 0 Å². The monoisotopic (exact) mass is 261 g/mol. The molecule has 1 aromatic heterocycles. The molecule has 2 rings (SSSR count). The van der Waals surface area contributed by atoms with Crippen LogP contribution in [0.15, 0.2) is 18.2 Å². The zero-order valence-corrected chi connectivity index (χ0v) is 11.6. The van der Waals surface area contributed by atoms with Crippen molar-refractivity contribution in [2.45, 2.75) is 26.7 Å². The lowest BCUT2D eigenvalue weighted by Gasteiger charge is -2.03. The number of rotatable bonds is 5. The van der Waals surface area contributed by atoms with E-state index in [0.717, 1.165) is 27.9 Å². The van der Waals surface area contributed by atoms with Crippen molar-refractivity contribution in [1.82, 2.24) is 4.98 Å². The minimum atomic E-state index is -0.154. The third kappa shape index (κ3) is 2.89. The SMILES string of the molecule is CCOC(=O)CCc1c(C)[nH]c2ccc(OC)cc12. The minimum Gasteiger partial charge on any atom is -0.497 e. The quantitative estimate of drug-likeness (QED) is 0.842. The van der Waals surface area contributed by atoms with Gasteiger partial charge in [-0.3, -0.25) is 4.79 Å². The Morgan fingerprint density at radius 3 is 2.84 bits per heavy atom. The molecular weight excluding hydrogens is 242 g/mol. The lowest BCUT2D eigenvalue weighted by atomic mass is 10.1. The summed E-state index contributed by atoms with van der Waals surface area (Å²) in [5, 5.41) is 1.11. The Kier molecular flexibility index (Phi) is 4.10. The van der Waals surface area contributed by atoms with E-state index in [1.54, 1.807) is 7.11 Å². The number of benzene rings is 1. The Balaban J connectivity index is 2.26. The molecule has 0 radical (unpaired) electrons. The Bertz CT molecular complexity index is 586. The molecular formula is C15H19NO3. The van der Waals surface area contributed by atoms with Gasteiger partial charge in [-0.2, -0.15) is 0 Å². The summed E-state index contributed by atoms with van der Waals surface area (Å²) < 4.78 is 10.2. The normalized spacial score (nSPS) is 10.7. The van der Waals surface area contributed by atoms with E-state index >= 15 is 0 Å². The summed E-state index contributed by atoms with van der Waals surface area (Å²) in [6.07, 6.45) is 1.08. The number of fused-ring (bicyclic) bond motifs is 1. The maximum atomic E-state index is 11.5. The molecule has 0 saturated heterocycles. The summed E-state index contributed by atoms with van der Waals surface area (Å²) in [4.78, 5) is 14.8. The highest BCUT2D eigenvalue weighted by Gasteiger charge is 2.11. The molecule has 0 amide bonds. The Morgan fingerprint density at radius 1 is 1.37 bits per heavy atom. The van der Waals surface area contributed by atoms with Crippen LogP contribution in [0, 0.1) is 6.92 Å². The summed E-state index contributed by atoms with van der Waals surface area (Å²) in [6, 6.07) is 5.92. The summed E-state index contributed by atoms with van der Waals surface area (Å²) in [5.41, 5.74) is 3.31. The molecule has 4 nitrogen and oxygen atoms in total. The first-order chi connectivity index (χ1) is 9.15. The third-order valence-corrected chi connectivity index (χ3v) is 3.21. The first kappa shape index (κ1) is 13.5. The van der Waals surface area contributed by atoms with Crippen LogP contribution in [0.2, 0.25) is 0 Å². The number of esters is 1. The van der Waals surface area contributed by atoms with E-state index in [9.17, 15) is 4.79 Å². The number of ether oxygens (including phenoxy) is 2. The fourth-order valence-corrected chi connectivity index (χ4v) is 2.27. The van der Waals surface area contributed by atoms with Crippen molar-refractivity contribution >= 4 is 16.9 Å². The molecule has 0 aliphatic rings.